The van der Waals surface area contributed by atoms with Crippen LogP contribution in [-0.2, 0) is 11.3 Å². The number of nitrogens with one attached hydrogen (secondary N) is 1. The molecule has 1 aliphatic rings. The van der Waals surface area contributed by atoms with Crippen molar-refractivity contribution in [1.29, 1.82) is 5.26 Å². The van der Waals surface area contributed by atoms with Crippen LogP contribution in [0.2, 0.25) is 5.15 Å². The summed E-state index contributed by atoms with van der Waals surface area (Å²) >= 11 is 6.34. The summed E-state index contributed by atoms with van der Waals surface area (Å²) in [5.74, 6) is -4.16. The van der Waals surface area contributed by atoms with Crippen molar-refractivity contribution in [3.05, 3.63) is 57.8 Å². The van der Waals surface area contributed by atoms with Gasteiger partial charge in [-0.25, -0.2) is 19.3 Å². The molecule has 0 radical (unpaired) electrons. The molecule has 0 saturated heterocycles. The zero-order chi connectivity index (χ0) is 24.1. The van der Waals surface area contributed by atoms with Gasteiger partial charge in [-0.2, -0.15) is 14.0 Å². The standard InChI is InChI=1S/C23H21ClF3N5O/c1-11(14-5-4-6-16(18(14)25)23(26,27)12(2)33)29-20-15-9-17(22(10-28)7-8-22)19(24)32-21(15)31-13(3)30-20/h4-6,9,11-12,33H,7-8H2,1-3H3,(H,29,30,31,32)/t11-,12-/m1/s1. The second-order valence-electron chi connectivity index (χ2n) is 8.38. The first-order valence-electron chi connectivity index (χ1n) is 10.4. The highest BCUT2D eigenvalue weighted by atomic mass is 35.5. The molecule has 1 saturated carbocycles. The third-order valence-corrected chi connectivity index (χ3v) is 6.25. The Kier molecular flexibility index (Phi) is 5.71. The van der Waals surface area contributed by atoms with Crippen LogP contribution in [-0.4, -0.2) is 26.2 Å². The van der Waals surface area contributed by atoms with E-state index in [1.165, 1.54) is 12.1 Å². The van der Waals surface area contributed by atoms with Crippen LogP contribution in [0.25, 0.3) is 11.0 Å². The number of hydrogen-bond acceptors (Lipinski definition) is 6. The van der Waals surface area contributed by atoms with Gasteiger partial charge in [0.25, 0.3) is 0 Å². The number of aryl methyl sites for hydroxylation is 1. The Hall–Kier alpha value is -2.96. The molecule has 0 amide bonds. The van der Waals surface area contributed by atoms with Gasteiger partial charge in [-0.05, 0) is 45.7 Å². The van der Waals surface area contributed by atoms with Crippen LogP contribution in [0.1, 0.15) is 55.2 Å². The van der Waals surface area contributed by atoms with Gasteiger partial charge in [0, 0.05) is 11.1 Å². The Bertz CT molecular complexity index is 1290. The first kappa shape index (κ1) is 23.2. The lowest BCUT2D eigenvalue weighted by Crippen LogP contribution is -2.29. The van der Waals surface area contributed by atoms with E-state index >= 15 is 4.39 Å². The molecule has 10 heteroatoms. The van der Waals surface area contributed by atoms with E-state index < -0.39 is 34.9 Å². The fourth-order valence-electron chi connectivity index (χ4n) is 3.80. The van der Waals surface area contributed by atoms with Gasteiger partial charge in [0.05, 0.1) is 28.5 Å². The molecule has 2 heterocycles. The predicted molar refractivity (Wildman–Crippen MR) is 118 cm³/mol. The topological polar surface area (TPSA) is 94.7 Å². The minimum Gasteiger partial charge on any atom is -0.387 e. The van der Waals surface area contributed by atoms with Gasteiger partial charge in [-0.3, -0.25) is 0 Å². The van der Waals surface area contributed by atoms with Crippen molar-refractivity contribution in [2.24, 2.45) is 0 Å². The smallest absolute Gasteiger partial charge is 0.301 e. The molecule has 0 unspecified atom stereocenters. The van der Waals surface area contributed by atoms with Crippen molar-refractivity contribution in [2.45, 2.75) is 57.1 Å². The fraction of sp³-hybridized carbons (Fsp3) is 0.391. The molecule has 0 bridgehead atoms. The van der Waals surface area contributed by atoms with E-state index in [1.807, 2.05) is 0 Å². The van der Waals surface area contributed by atoms with Crippen molar-refractivity contribution in [3.63, 3.8) is 0 Å². The van der Waals surface area contributed by atoms with Gasteiger partial charge in [0.1, 0.15) is 28.7 Å². The van der Waals surface area contributed by atoms with E-state index in [4.69, 9.17) is 11.6 Å². The van der Waals surface area contributed by atoms with Crippen molar-refractivity contribution < 1.29 is 18.3 Å². The van der Waals surface area contributed by atoms with Gasteiger partial charge in [0.2, 0.25) is 0 Å². The zero-order valence-electron chi connectivity index (χ0n) is 18.1. The number of alkyl halides is 2. The van der Waals surface area contributed by atoms with Gasteiger partial charge < -0.3 is 10.4 Å². The summed E-state index contributed by atoms with van der Waals surface area (Å²) in [6, 6.07) is 6.89. The maximum absolute atomic E-state index is 15.1. The Balaban J connectivity index is 1.77. The average Bonchev–Trinajstić information content (AvgIpc) is 3.54. The second-order valence-corrected chi connectivity index (χ2v) is 8.74. The van der Waals surface area contributed by atoms with Gasteiger partial charge in [-0.15, -0.1) is 0 Å². The highest BCUT2D eigenvalue weighted by Gasteiger charge is 2.47. The third kappa shape index (κ3) is 3.98. The number of rotatable bonds is 6. The number of fused-ring (bicyclic) bond motifs is 1. The highest BCUT2D eigenvalue weighted by molar-refractivity contribution is 6.30. The molecule has 33 heavy (non-hydrogen) atoms. The lowest BCUT2D eigenvalue weighted by molar-refractivity contribution is -0.108. The number of hydrogen-bond donors (Lipinski definition) is 2. The van der Waals surface area contributed by atoms with E-state index in [2.05, 4.69) is 26.3 Å². The van der Waals surface area contributed by atoms with Gasteiger partial charge >= 0.3 is 5.92 Å². The number of aromatic nitrogens is 3. The van der Waals surface area contributed by atoms with Crippen LogP contribution >= 0.6 is 11.6 Å². The van der Waals surface area contributed by atoms with Gasteiger partial charge in [-0.1, -0.05) is 23.7 Å². The number of anilines is 1. The molecule has 172 valence electrons. The minimum absolute atomic E-state index is 0.0184. The molecule has 2 aromatic heterocycles. The van der Waals surface area contributed by atoms with Crippen molar-refractivity contribution >= 4 is 28.5 Å². The summed E-state index contributed by atoms with van der Waals surface area (Å²) in [7, 11) is 0. The van der Waals surface area contributed by atoms with Crippen molar-refractivity contribution in [3.8, 4) is 6.07 Å². The number of aliphatic hydroxyl groups is 1. The molecule has 0 aliphatic heterocycles. The van der Waals surface area contributed by atoms with E-state index in [0.717, 1.165) is 13.0 Å². The number of pyridine rings is 1. The quantitative estimate of drug-likeness (QED) is 0.468. The van der Waals surface area contributed by atoms with Crippen LogP contribution in [0.5, 0.6) is 0 Å². The Morgan fingerprint density at radius 2 is 1.94 bits per heavy atom. The molecule has 2 N–H and O–H groups in total. The molecule has 3 aromatic rings. The number of nitriles is 1. The molecule has 2 atom stereocenters. The van der Waals surface area contributed by atoms with E-state index in [0.29, 0.717) is 41.1 Å². The van der Waals surface area contributed by atoms with Crippen LogP contribution in [0, 0.1) is 24.1 Å². The minimum atomic E-state index is -3.75. The van der Waals surface area contributed by atoms with Crippen molar-refractivity contribution in [2.75, 3.05) is 5.32 Å². The van der Waals surface area contributed by atoms with E-state index in [9.17, 15) is 19.1 Å². The van der Waals surface area contributed by atoms with Crippen LogP contribution in [0.4, 0.5) is 19.0 Å². The lowest BCUT2D eigenvalue weighted by atomic mass is 9.97. The van der Waals surface area contributed by atoms with Crippen LogP contribution in [0.15, 0.2) is 24.3 Å². The van der Waals surface area contributed by atoms with Crippen LogP contribution < -0.4 is 5.32 Å². The maximum Gasteiger partial charge on any atom is 0.301 e. The number of halogens is 4. The first-order valence-corrected chi connectivity index (χ1v) is 10.8. The Morgan fingerprint density at radius 3 is 2.55 bits per heavy atom. The van der Waals surface area contributed by atoms with Crippen LogP contribution in [0.3, 0.4) is 0 Å². The number of nitrogens with zero attached hydrogens (tertiary/aromatic N) is 4. The SMILES string of the molecule is Cc1nc(N[C@H](C)c2cccc(C(F)(F)[C@@H](C)O)c2F)c2cc(C3(C#N)CC3)c(Cl)nc2n1. The molecule has 1 aliphatic carbocycles. The molecule has 1 aromatic carbocycles. The summed E-state index contributed by atoms with van der Waals surface area (Å²) in [6.45, 7) is 4.17. The normalized spacial score (nSPS) is 16.8. The van der Waals surface area contributed by atoms with Crippen molar-refractivity contribution in [1.82, 2.24) is 15.0 Å². The largest absolute Gasteiger partial charge is 0.387 e. The first-order chi connectivity index (χ1) is 15.5. The predicted octanol–water partition coefficient (Wildman–Crippen LogP) is 5.33. The molecular weight excluding hydrogens is 455 g/mol. The van der Waals surface area contributed by atoms with E-state index in [-0.39, 0.29) is 10.7 Å². The number of aliphatic hydroxyl groups excluding tert-OH is 1. The molecule has 4 rings (SSSR count). The van der Waals surface area contributed by atoms with Gasteiger partial charge in [0.15, 0.2) is 5.65 Å². The highest BCUT2D eigenvalue weighted by Crippen LogP contribution is 2.50. The fourth-order valence-corrected chi connectivity index (χ4v) is 4.12. The summed E-state index contributed by atoms with van der Waals surface area (Å²) in [4.78, 5) is 13.0. The molecule has 1 fully saturated rings. The molecular formula is C23H21ClF3N5O. The maximum atomic E-state index is 15.1. The second kappa shape index (κ2) is 8.12. The average molecular weight is 476 g/mol. The third-order valence-electron chi connectivity index (χ3n) is 5.96. The monoisotopic (exact) mass is 475 g/mol. The zero-order valence-corrected chi connectivity index (χ0v) is 18.9. The van der Waals surface area contributed by atoms with E-state index in [1.54, 1.807) is 19.9 Å². The number of benzene rings is 1. The molecule has 0 spiro atoms. The Labute approximate surface area is 193 Å². The summed E-state index contributed by atoms with van der Waals surface area (Å²) < 4.78 is 43.7. The molecule has 6 nitrogen and oxygen atoms in total. The summed E-state index contributed by atoms with van der Waals surface area (Å²) in [5.41, 5.74) is -0.719. The summed E-state index contributed by atoms with van der Waals surface area (Å²) in [6.07, 6.45) is -0.724. The lowest BCUT2D eigenvalue weighted by Gasteiger charge is -2.23. The summed E-state index contributed by atoms with van der Waals surface area (Å²) in [5, 5.41) is 22.7. The Morgan fingerprint density at radius 1 is 1.24 bits per heavy atom.